The number of nitrogens with one attached hydrogen (secondary N) is 1. The van der Waals surface area contributed by atoms with Crippen LogP contribution in [0.2, 0.25) is 0 Å². The van der Waals surface area contributed by atoms with Gasteiger partial charge in [-0.1, -0.05) is 19.4 Å². The number of pyridine rings is 1. The van der Waals surface area contributed by atoms with Crippen molar-refractivity contribution in [2.45, 2.75) is 19.8 Å². The lowest BCUT2D eigenvalue weighted by Crippen LogP contribution is -2.10. The van der Waals surface area contributed by atoms with Crippen LogP contribution in [0, 0.1) is 0 Å². The molecule has 0 aliphatic heterocycles. The van der Waals surface area contributed by atoms with Gasteiger partial charge < -0.3 is 4.74 Å². The summed E-state index contributed by atoms with van der Waals surface area (Å²) in [7, 11) is -1.87. The predicted octanol–water partition coefficient (Wildman–Crippen LogP) is 4.20. The number of aromatic nitrogens is 2. The van der Waals surface area contributed by atoms with Gasteiger partial charge in [0.25, 0.3) is 0 Å². The van der Waals surface area contributed by atoms with E-state index in [0.29, 0.717) is 11.4 Å². The van der Waals surface area contributed by atoms with Crippen LogP contribution in [-0.2, 0) is 16.4 Å². The molecule has 0 unspecified atom stereocenters. The number of methoxy groups -OCH3 is 1. The maximum atomic E-state index is 11.5. The molecule has 2 heterocycles. The Morgan fingerprint density at radius 1 is 1.19 bits per heavy atom. The van der Waals surface area contributed by atoms with E-state index < -0.39 is 10.0 Å². The molecule has 142 valence electrons. The Labute approximate surface area is 163 Å². The van der Waals surface area contributed by atoms with Crippen molar-refractivity contribution in [1.29, 1.82) is 0 Å². The number of aryl methyl sites for hydroxylation is 1. The molecule has 0 radical (unpaired) electrons. The summed E-state index contributed by atoms with van der Waals surface area (Å²) in [6.07, 6.45) is 4.91. The molecule has 0 saturated carbocycles. The summed E-state index contributed by atoms with van der Waals surface area (Å²) in [4.78, 5) is 9.11. The first kappa shape index (κ1) is 19.3. The van der Waals surface area contributed by atoms with Crippen LogP contribution in [0.25, 0.3) is 21.8 Å². The maximum Gasteiger partial charge on any atom is 0.229 e. The number of anilines is 1. The average Bonchev–Trinajstić information content (AvgIpc) is 3.11. The van der Waals surface area contributed by atoms with E-state index in [4.69, 9.17) is 9.72 Å². The fourth-order valence-corrected chi connectivity index (χ4v) is 4.07. The van der Waals surface area contributed by atoms with E-state index in [1.807, 2.05) is 23.7 Å². The van der Waals surface area contributed by atoms with E-state index in [2.05, 4.69) is 22.7 Å². The van der Waals surface area contributed by atoms with Crippen molar-refractivity contribution in [3.05, 3.63) is 47.6 Å². The molecule has 1 N–H and O–H groups in total. The van der Waals surface area contributed by atoms with Gasteiger partial charge in [0.05, 0.1) is 24.7 Å². The van der Waals surface area contributed by atoms with E-state index in [-0.39, 0.29) is 0 Å². The van der Waals surface area contributed by atoms with E-state index in [1.54, 1.807) is 23.5 Å². The highest BCUT2D eigenvalue weighted by Gasteiger charge is 2.12. The first-order valence-corrected chi connectivity index (χ1v) is 11.2. The van der Waals surface area contributed by atoms with Crippen LogP contribution in [-0.4, -0.2) is 31.8 Å². The first-order valence-electron chi connectivity index (χ1n) is 8.46. The van der Waals surface area contributed by atoms with Crippen LogP contribution in [0.3, 0.4) is 0 Å². The summed E-state index contributed by atoms with van der Waals surface area (Å²) in [6.45, 7) is 2.13. The van der Waals surface area contributed by atoms with Crippen LogP contribution in [0.1, 0.15) is 19.0 Å². The fourth-order valence-electron chi connectivity index (χ4n) is 2.68. The third kappa shape index (κ3) is 4.84. The lowest BCUT2D eigenvalue weighted by atomic mass is 10.1. The number of rotatable bonds is 7. The number of sulfonamides is 1. The van der Waals surface area contributed by atoms with Crippen molar-refractivity contribution in [3.8, 4) is 27.6 Å². The molecule has 8 heteroatoms. The van der Waals surface area contributed by atoms with Gasteiger partial charge in [0, 0.05) is 28.4 Å². The predicted molar refractivity (Wildman–Crippen MR) is 110 cm³/mol. The minimum absolute atomic E-state index is 0.401. The number of thiazole rings is 1. The molecular formula is C19H21N3O3S2. The molecule has 27 heavy (non-hydrogen) atoms. The molecule has 0 aliphatic carbocycles. The van der Waals surface area contributed by atoms with Gasteiger partial charge in [-0.2, -0.15) is 0 Å². The Balaban J connectivity index is 1.91. The molecule has 0 aliphatic rings. The molecule has 3 aromatic rings. The van der Waals surface area contributed by atoms with E-state index in [0.717, 1.165) is 46.6 Å². The van der Waals surface area contributed by atoms with E-state index in [1.165, 1.54) is 7.11 Å². The first-order chi connectivity index (χ1) is 12.9. The minimum Gasteiger partial charge on any atom is -0.495 e. The summed E-state index contributed by atoms with van der Waals surface area (Å²) in [5.74, 6) is 0.446. The molecule has 2 aromatic heterocycles. The maximum absolute atomic E-state index is 11.5. The molecule has 0 spiro atoms. The zero-order valence-corrected chi connectivity index (χ0v) is 17.0. The molecule has 0 fully saturated rings. The van der Waals surface area contributed by atoms with E-state index in [9.17, 15) is 8.42 Å². The Hall–Kier alpha value is -2.45. The number of nitrogens with zero attached hydrogens (tertiary/aromatic N) is 2. The van der Waals surface area contributed by atoms with Crippen LogP contribution in [0.5, 0.6) is 5.75 Å². The highest BCUT2D eigenvalue weighted by atomic mass is 32.2. The second-order valence-corrected chi connectivity index (χ2v) is 8.72. The summed E-state index contributed by atoms with van der Waals surface area (Å²) < 4.78 is 30.7. The van der Waals surface area contributed by atoms with Crippen LogP contribution in [0.15, 0.2) is 41.9 Å². The number of benzene rings is 1. The lowest BCUT2D eigenvalue weighted by molar-refractivity contribution is 0.417. The molecule has 0 amide bonds. The Morgan fingerprint density at radius 2 is 2.00 bits per heavy atom. The van der Waals surface area contributed by atoms with Crippen molar-refractivity contribution in [2.75, 3.05) is 18.1 Å². The minimum atomic E-state index is -3.38. The summed E-state index contributed by atoms with van der Waals surface area (Å²) >= 11 is 1.56. The van der Waals surface area contributed by atoms with Crippen molar-refractivity contribution in [1.82, 2.24) is 9.97 Å². The molecule has 0 atom stereocenters. The second-order valence-electron chi connectivity index (χ2n) is 6.11. The number of hydrogen-bond acceptors (Lipinski definition) is 6. The third-order valence-corrected chi connectivity index (χ3v) is 5.35. The van der Waals surface area contributed by atoms with Gasteiger partial charge in [0.2, 0.25) is 10.0 Å². The third-order valence-electron chi connectivity index (χ3n) is 3.87. The van der Waals surface area contributed by atoms with Gasteiger partial charge >= 0.3 is 0 Å². The van der Waals surface area contributed by atoms with Crippen LogP contribution in [0.4, 0.5) is 5.69 Å². The van der Waals surface area contributed by atoms with E-state index >= 15 is 0 Å². The average molecular weight is 404 g/mol. The monoisotopic (exact) mass is 403 g/mol. The van der Waals surface area contributed by atoms with Gasteiger partial charge in [0.1, 0.15) is 10.8 Å². The van der Waals surface area contributed by atoms with Crippen LogP contribution >= 0.6 is 11.3 Å². The molecule has 0 bridgehead atoms. The number of hydrogen-bond donors (Lipinski definition) is 1. The second kappa shape index (κ2) is 8.06. The van der Waals surface area contributed by atoms with Crippen molar-refractivity contribution < 1.29 is 13.2 Å². The van der Waals surface area contributed by atoms with Gasteiger partial charge in [-0.25, -0.2) is 13.4 Å². The Kier molecular flexibility index (Phi) is 5.76. The summed E-state index contributed by atoms with van der Waals surface area (Å²) in [5.41, 5.74) is 4.18. The standard InChI is InChI=1S/C19H21N3O3S2/c1-4-5-15-10-14(8-9-20-15)19-21-17(12-26-19)13-6-7-16(18(11-13)25-2)22-27(3,23)24/h6-12,22H,4-5H2,1-3H3. The van der Waals surface area contributed by atoms with Gasteiger partial charge in [0.15, 0.2) is 0 Å². The Bertz CT molecular complexity index is 1050. The number of ether oxygens (including phenoxy) is 1. The molecule has 3 rings (SSSR count). The summed E-state index contributed by atoms with van der Waals surface area (Å²) in [5, 5.41) is 2.90. The van der Waals surface area contributed by atoms with Crippen LogP contribution < -0.4 is 9.46 Å². The van der Waals surface area contributed by atoms with Crippen molar-refractivity contribution >= 4 is 27.0 Å². The lowest BCUT2D eigenvalue weighted by Gasteiger charge is -2.10. The largest absolute Gasteiger partial charge is 0.495 e. The van der Waals surface area contributed by atoms with Crippen molar-refractivity contribution in [3.63, 3.8) is 0 Å². The quantitative estimate of drug-likeness (QED) is 0.639. The van der Waals surface area contributed by atoms with Crippen molar-refractivity contribution in [2.24, 2.45) is 0 Å². The topological polar surface area (TPSA) is 81.2 Å². The highest BCUT2D eigenvalue weighted by Crippen LogP contribution is 2.34. The molecule has 0 saturated heterocycles. The molecule has 1 aromatic carbocycles. The zero-order chi connectivity index (χ0) is 19.4. The zero-order valence-electron chi connectivity index (χ0n) is 15.4. The van der Waals surface area contributed by atoms with Gasteiger partial charge in [-0.05, 0) is 30.7 Å². The smallest absolute Gasteiger partial charge is 0.229 e. The fraction of sp³-hybridized carbons (Fsp3) is 0.263. The molecular weight excluding hydrogens is 382 g/mol. The van der Waals surface area contributed by atoms with Gasteiger partial charge in [-0.15, -0.1) is 11.3 Å². The Morgan fingerprint density at radius 3 is 2.70 bits per heavy atom. The highest BCUT2D eigenvalue weighted by molar-refractivity contribution is 7.92. The SMILES string of the molecule is CCCc1cc(-c2nc(-c3ccc(NS(C)(=O)=O)c(OC)c3)cs2)ccn1. The normalized spacial score (nSPS) is 11.4. The summed E-state index contributed by atoms with van der Waals surface area (Å²) in [6, 6.07) is 9.32. The molecule has 6 nitrogen and oxygen atoms in total. The van der Waals surface area contributed by atoms with Gasteiger partial charge in [-0.3, -0.25) is 9.71 Å².